The van der Waals surface area contributed by atoms with E-state index >= 15 is 0 Å². The van der Waals surface area contributed by atoms with Crippen molar-refractivity contribution in [2.24, 2.45) is 0 Å². The number of benzene rings is 6. The van der Waals surface area contributed by atoms with Crippen molar-refractivity contribution in [3.05, 3.63) is 215 Å². The van der Waals surface area contributed by atoms with Gasteiger partial charge in [0.15, 0.2) is 47.9 Å². The molecule has 0 unspecified atom stereocenters. The summed E-state index contributed by atoms with van der Waals surface area (Å²) in [5.74, 6) is -4.98. The summed E-state index contributed by atoms with van der Waals surface area (Å²) in [4.78, 5) is 82.7. The summed E-state index contributed by atoms with van der Waals surface area (Å²) >= 11 is 3.47. The molecule has 6 aromatic carbocycles. The van der Waals surface area contributed by atoms with Crippen molar-refractivity contribution < 1.29 is 71.4 Å². The number of hydrogen-bond acceptors (Lipinski definition) is 15. The number of halogens is 1. The van der Waals surface area contributed by atoms with Gasteiger partial charge in [-0.25, -0.2) is 28.8 Å². The smallest absolute Gasteiger partial charge is 0.338 e. The summed E-state index contributed by atoms with van der Waals surface area (Å²) in [5.41, 5.74) is 0.899. The highest BCUT2D eigenvalue weighted by Crippen LogP contribution is 2.35. The molecule has 2 saturated heterocycles. The molecule has 0 amide bonds. The fourth-order valence-corrected chi connectivity index (χ4v) is 8.14. The van der Waals surface area contributed by atoms with E-state index in [1.165, 1.54) is 72.8 Å². The molecule has 8 rings (SSSR count). The molecule has 0 aliphatic carbocycles. The molecule has 0 saturated carbocycles. The third-order valence-corrected chi connectivity index (χ3v) is 11.7. The molecule has 2 aliphatic rings. The molecule has 69 heavy (non-hydrogen) atoms. The molecule has 0 aromatic heterocycles. The maximum Gasteiger partial charge on any atom is 0.338 e. The van der Waals surface area contributed by atoms with Gasteiger partial charge in [-0.1, -0.05) is 125 Å². The first kappa shape index (κ1) is 48.0. The molecule has 15 nitrogen and oxygen atoms in total. The van der Waals surface area contributed by atoms with Crippen molar-refractivity contribution in [1.82, 2.24) is 0 Å². The van der Waals surface area contributed by atoms with Crippen LogP contribution in [0, 0.1) is 0 Å². The number of hydrogen-bond donors (Lipinski definition) is 0. The molecule has 0 spiro atoms. The van der Waals surface area contributed by atoms with E-state index in [-0.39, 0.29) is 33.4 Å². The van der Waals surface area contributed by atoms with E-state index in [1.54, 1.807) is 109 Å². The molecule has 6 aromatic rings. The zero-order valence-corrected chi connectivity index (χ0v) is 38.0. The monoisotopic (exact) mass is 998 g/mol. The first-order valence-corrected chi connectivity index (χ1v) is 22.6. The fraction of sp³-hybridized carbons (Fsp3) is 0.208. The van der Waals surface area contributed by atoms with Gasteiger partial charge in [-0.3, -0.25) is 0 Å². The van der Waals surface area contributed by atoms with Gasteiger partial charge in [0.2, 0.25) is 0 Å². The number of ether oxygens (including phenoxy) is 9. The number of esters is 6. The maximum atomic E-state index is 13.9. The van der Waals surface area contributed by atoms with Gasteiger partial charge < -0.3 is 42.6 Å². The molecule has 352 valence electrons. The minimum Gasteiger partial charge on any atom is -0.452 e. The number of alkyl halides is 1. The Morgan fingerprint density at radius 2 is 0.696 bits per heavy atom. The minimum absolute atomic E-state index is 0.123. The zero-order chi connectivity index (χ0) is 48.1. The third-order valence-electron chi connectivity index (χ3n) is 10.9. The summed E-state index contributed by atoms with van der Waals surface area (Å²) in [6.07, 6.45) is -12.0. The van der Waals surface area contributed by atoms with Gasteiger partial charge in [-0.15, -0.1) is 0 Å². The first-order valence-electron chi connectivity index (χ1n) is 21.7. The Labute approximate surface area is 404 Å². The second kappa shape index (κ2) is 23.0. The normalized spacial score (nSPS) is 23.0. The van der Waals surface area contributed by atoms with Crippen LogP contribution in [0.3, 0.4) is 0 Å². The lowest BCUT2D eigenvalue weighted by Crippen LogP contribution is -2.62. The van der Waals surface area contributed by atoms with E-state index in [0.717, 1.165) is 0 Å². The van der Waals surface area contributed by atoms with E-state index in [1.807, 2.05) is 0 Å². The molecule has 2 aliphatic heterocycles. The molecular formula is C53H43BrO15. The van der Waals surface area contributed by atoms with Crippen LogP contribution in [0.15, 0.2) is 182 Å². The predicted molar refractivity (Wildman–Crippen MR) is 247 cm³/mol. The van der Waals surface area contributed by atoms with Gasteiger partial charge in [0, 0.05) is 0 Å². The van der Waals surface area contributed by atoms with E-state index in [9.17, 15) is 28.8 Å². The minimum atomic E-state index is -1.63. The Hall–Kier alpha value is -7.50. The largest absolute Gasteiger partial charge is 0.452 e. The van der Waals surface area contributed by atoms with Crippen molar-refractivity contribution >= 4 is 51.7 Å². The molecular weight excluding hydrogens is 956 g/mol. The molecule has 0 N–H and O–H groups in total. The highest BCUT2D eigenvalue weighted by Gasteiger charge is 2.54. The molecule has 0 radical (unpaired) electrons. The Morgan fingerprint density at radius 1 is 0.391 bits per heavy atom. The second-order valence-corrected chi connectivity index (χ2v) is 16.5. The van der Waals surface area contributed by atoms with E-state index < -0.39 is 103 Å². The summed E-state index contributed by atoms with van der Waals surface area (Å²) in [6, 6.07) is 48.2. The Morgan fingerprint density at radius 3 is 1.07 bits per heavy atom. The van der Waals surface area contributed by atoms with Crippen LogP contribution in [-0.4, -0.2) is 103 Å². The summed E-state index contributed by atoms with van der Waals surface area (Å²) in [5, 5.41) is -1.22. The predicted octanol–water partition coefficient (Wildman–Crippen LogP) is 7.83. The van der Waals surface area contributed by atoms with Crippen molar-refractivity contribution in [2.75, 3.05) is 13.2 Å². The molecule has 0 bridgehead atoms. The van der Waals surface area contributed by atoms with Crippen LogP contribution in [0.1, 0.15) is 62.1 Å². The van der Waals surface area contributed by atoms with Gasteiger partial charge >= 0.3 is 35.8 Å². The Balaban J connectivity index is 1.14. The Bertz CT molecular complexity index is 2680. The van der Waals surface area contributed by atoms with Gasteiger partial charge in [-0.2, -0.15) is 0 Å². The van der Waals surface area contributed by atoms with Crippen LogP contribution in [-0.2, 0) is 42.6 Å². The van der Waals surface area contributed by atoms with Gasteiger partial charge in [0.05, 0.1) is 46.6 Å². The van der Waals surface area contributed by atoms with Crippen molar-refractivity contribution in [3.8, 4) is 0 Å². The van der Waals surface area contributed by atoms with Crippen LogP contribution in [0.2, 0.25) is 0 Å². The number of rotatable bonds is 15. The zero-order valence-electron chi connectivity index (χ0n) is 36.4. The quantitative estimate of drug-likeness (QED) is 0.0550. The van der Waals surface area contributed by atoms with Crippen LogP contribution < -0.4 is 0 Å². The topological polar surface area (TPSA) is 185 Å². The van der Waals surface area contributed by atoms with Crippen LogP contribution in [0.25, 0.3) is 0 Å². The average molecular weight is 1000 g/mol. The first-order chi connectivity index (χ1) is 33.6. The molecule has 2 fully saturated rings. The fourth-order valence-electron chi connectivity index (χ4n) is 7.46. The van der Waals surface area contributed by atoms with E-state index in [0.29, 0.717) is 0 Å². The lowest BCUT2D eigenvalue weighted by atomic mass is 9.98. The summed E-state index contributed by atoms with van der Waals surface area (Å²) < 4.78 is 55.2. The number of carbonyl (C=O) groups excluding carboxylic acids is 6. The van der Waals surface area contributed by atoms with Crippen LogP contribution in [0.5, 0.6) is 0 Å². The maximum absolute atomic E-state index is 13.9. The van der Waals surface area contributed by atoms with Crippen molar-refractivity contribution in [1.29, 1.82) is 0 Å². The van der Waals surface area contributed by atoms with Gasteiger partial charge in [0.25, 0.3) is 0 Å². The lowest BCUT2D eigenvalue weighted by Gasteiger charge is -2.44. The lowest BCUT2D eigenvalue weighted by molar-refractivity contribution is -0.284. The summed E-state index contributed by atoms with van der Waals surface area (Å²) in [6.45, 7) is -0.978. The summed E-state index contributed by atoms with van der Waals surface area (Å²) in [7, 11) is 0. The molecule has 9 atom stereocenters. The van der Waals surface area contributed by atoms with Crippen LogP contribution >= 0.6 is 15.9 Å². The van der Waals surface area contributed by atoms with Crippen molar-refractivity contribution in [2.45, 2.75) is 54.0 Å². The Kier molecular flexibility index (Phi) is 16.0. The van der Waals surface area contributed by atoms with E-state index in [4.69, 9.17) is 42.6 Å². The molecule has 2 heterocycles. The highest BCUT2D eigenvalue weighted by atomic mass is 79.9. The average Bonchev–Trinajstić information content (AvgIpc) is 3.40. The van der Waals surface area contributed by atoms with Crippen molar-refractivity contribution in [3.63, 3.8) is 0 Å². The standard InChI is InChI=1S/C53H43BrO15/c54-46-44(68-51(59)37-27-15-5-16-28-37)43(67-50(58)36-25-13-4-14-26-36)41(65-48(56)34-21-9-2-10-22-34)39(63-46)31-61-53-45(69-52(60)38-29-17-6-18-30-38)42(66-49(57)35-23-11-3-12-24-35)40(32-62-53)64-47(55)33-19-7-1-8-20-33/h1-30,39-46,53H,31-32H2/t39-,40-,41-,42+,43+,44-,45-,46+,53-/m1/s1. The third kappa shape index (κ3) is 12.2. The van der Waals surface area contributed by atoms with Gasteiger partial charge in [0.1, 0.15) is 6.10 Å². The van der Waals surface area contributed by atoms with Gasteiger partial charge in [-0.05, 0) is 72.8 Å². The molecule has 16 heteroatoms. The SMILES string of the molecule is O=C(O[C@@H]1[C@@H](OC(=O)c2ccccc2)[C@@H](Br)O[C@H](CO[C@@H]2OC[C@@H](OC(=O)c3ccccc3)[C@H](OC(=O)c3ccccc3)[C@H]2OC(=O)c2ccccc2)[C@H]1OC(=O)c1ccccc1)c1ccccc1. The van der Waals surface area contributed by atoms with E-state index in [2.05, 4.69) is 15.9 Å². The highest BCUT2D eigenvalue weighted by molar-refractivity contribution is 9.09. The van der Waals surface area contributed by atoms with Crippen LogP contribution in [0.4, 0.5) is 0 Å². The number of carbonyl (C=O) groups is 6. The second-order valence-electron chi connectivity index (χ2n) is 15.6.